The maximum Gasteiger partial charge on any atom is 0.180 e. The van der Waals surface area contributed by atoms with Crippen LogP contribution in [-0.2, 0) is 5.33 Å². The van der Waals surface area contributed by atoms with E-state index in [4.69, 9.17) is 11.6 Å². The van der Waals surface area contributed by atoms with Gasteiger partial charge in [0.1, 0.15) is 0 Å². The number of hydrogen-bond acceptors (Lipinski definition) is 1. The van der Waals surface area contributed by atoms with Gasteiger partial charge in [-0.15, -0.1) is 11.6 Å². The highest BCUT2D eigenvalue weighted by atomic mass is 79.9. The molecule has 0 N–H and O–H groups in total. The quantitative estimate of drug-likeness (QED) is 0.607. The summed E-state index contributed by atoms with van der Waals surface area (Å²) in [6.07, 6.45) is 0. The SMILES string of the molecule is Cc1cc(CBr)ccc1C(=O)C(C)Cl. The zero-order valence-electron chi connectivity index (χ0n) is 8.18. The van der Waals surface area contributed by atoms with Crippen molar-refractivity contribution in [1.82, 2.24) is 0 Å². The van der Waals surface area contributed by atoms with Crippen LogP contribution >= 0.6 is 27.5 Å². The van der Waals surface area contributed by atoms with Crippen molar-refractivity contribution in [2.45, 2.75) is 24.6 Å². The number of carbonyl (C=O) groups is 1. The molecule has 0 fully saturated rings. The molecule has 0 saturated heterocycles. The van der Waals surface area contributed by atoms with Gasteiger partial charge in [0, 0.05) is 10.9 Å². The molecule has 0 radical (unpaired) electrons. The van der Waals surface area contributed by atoms with Gasteiger partial charge in [-0.3, -0.25) is 4.79 Å². The van der Waals surface area contributed by atoms with Crippen LogP contribution in [0.15, 0.2) is 18.2 Å². The Morgan fingerprint density at radius 2 is 2.21 bits per heavy atom. The molecule has 1 rings (SSSR count). The number of alkyl halides is 2. The molecule has 3 heteroatoms. The highest BCUT2D eigenvalue weighted by Gasteiger charge is 2.14. The molecule has 76 valence electrons. The molecule has 0 aliphatic carbocycles. The van der Waals surface area contributed by atoms with E-state index in [1.165, 1.54) is 5.56 Å². The van der Waals surface area contributed by atoms with E-state index in [-0.39, 0.29) is 5.78 Å². The summed E-state index contributed by atoms with van der Waals surface area (Å²) in [5.74, 6) is -0.00899. The topological polar surface area (TPSA) is 17.1 Å². The maximum atomic E-state index is 11.6. The summed E-state index contributed by atoms with van der Waals surface area (Å²) in [7, 11) is 0. The highest BCUT2D eigenvalue weighted by molar-refractivity contribution is 9.08. The Kier molecular flexibility index (Phi) is 4.14. The second-order valence-corrected chi connectivity index (χ2v) is 4.48. The van der Waals surface area contributed by atoms with Crippen LogP contribution in [0.25, 0.3) is 0 Å². The molecule has 0 spiro atoms. The van der Waals surface area contributed by atoms with Crippen molar-refractivity contribution in [3.63, 3.8) is 0 Å². The first-order valence-corrected chi connectivity index (χ1v) is 5.96. The number of hydrogen-bond donors (Lipinski definition) is 0. The first-order chi connectivity index (χ1) is 6.56. The second kappa shape index (κ2) is 4.94. The van der Waals surface area contributed by atoms with Crippen molar-refractivity contribution in [3.05, 3.63) is 34.9 Å². The summed E-state index contributed by atoms with van der Waals surface area (Å²) in [6.45, 7) is 3.63. The van der Waals surface area contributed by atoms with E-state index < -0.39 is 5.38 Å². The van der Waals surface area contributed by atoms with E-state index in [9.17, 15) is 4.79 Å². The first-order valence-electron chi connectivity index (χ1n) is 4.40. The lowest BCUT2D eigenvalue weighted by atomic mass is 10.0. The zero-order valence-corrected chi connectivity index (χ0v) is 10.5. The molecule has 14 heavy (non-hydrogen) atoms. The van der Waals surface area contributed by atoms with Crippen LogP contribution in [0, 0.1) is 6.92 Å². The van der Waals surface area contributed by atoms with Crippen molar-refractivity contribution >= 4 is 33.3 Å². The van der Waals surface area contributed by atoms with Gasteiger partial charge in [0.25, 0.3) is 0 Å². The van der Waals surface area contributed by atoms with Crippen LogP contribution in [0.4, 0.5) is 0 Å². The molecular formula is C11H12BrClO. The third-order valence-corrected chi connectivity index (χ3v) is 2.92. The van der Waals surface area contributed by atoms with Crippen LogP contribution in [0.3, 0.4) is 0 Å². The highest BCUT2D eigenvalue weighted by Crippen LogP contribution is 2.16. The number of Topliss-reactive ketones (excluding diaryl/α,β-unsaturated/α-hetero) is 1. The van der Waals surface area contributed by atoms with Gasteiger partial charge in [0.05, 0.1) is 5.38 Å². The molecule has 0 amide bonds. The molecule has 1 unspecified atom stereocenters. The standard InChI is InChI=1S/C11H12BrClO/c1-7-5-9(6-12)3-4-10(7)11(14)8(2)13/h3-5,8H,6H2,1-2H3. The average molecular weight is 276 g/mol. The van der Waals surface area contributed by atoms with Gasteiger partial charge >= 0.3 is 0 Å². The van der Waals surface area contributed by atoms with Crippen molar-refractivity contribution in [3.8, 4) is 0 Å². The van der Waals surface area contributed by atoms with Gasteiger partial charge in [-0.2, -0.15) is 0 Å². The second-order valence-electron chi connectivity index (χ2n) is 3.26. The summed E-state index contributed by atoms with van der Waals surface area (Å²) < 4.78 is 0. The van der Waals surface area contributed by atoms with Crippen molar-refractivity contribution in [2.75, 3.05) is 0 Å². The number of rotatable bonds is 3. The van der Waals surface area contributed by atoms with Crippen LogP contribution in [-0.4, -0.2) is 11.2 Å². The molecule has 1 aromatic carbocycles. The van der Waals surface area contributed by atoms with Crippen molar-refractivity contribution in [2.24, 2.45) is 0 Å². The van der Waals surface area contributed by atoms with E-state index in [1.807, 2.05) is 25.1 Å². The molecule has 1 nitrogen and oxygen atoms in total. The number of halogens is 2. The van der Waals surface area contributed by atoms with E-state index in [0.29, 0.717) is 0 Å². The lowest BCUT2D eigenvalue weighted by molar-refractivity contribution is 0.0991. The minimum absolute atomic E-state index is 0.00899. The molecule has 0 aliphatic rings. The number of ketones is 1. The van der Waals surface area contributed by atoms with Gasteiger partial charge in [-0.25, -0.2) is 0 Å². The van der Waals surface area contributed by atoms with Gasteiger partial charge in [0.15, 0.2) is 5.78 Å². The normalized spacial score (nSPS) is 12.6. The minimum Gasteiger partial charge on any atom is -0.293 e. The van der Waals surface area contributed by atoms with Gasteiger partial charge in [0.2, 0.25) is 0 Å². The third-order valence-electron chi connectivity index (χ3n) is 2.07. The molecule has 1 aromatic rings. The number of aryl methyl sites for hydroxylation is 1. The Labute approximate surface area is 97.6 Å². The van der Waals surface area contributed by atoms with Gasteiger partial charge in [-0.05, 0) is 25.0 Å². The van der Waals surface area contributed by atoms with Crippen LogP contribution in [0.1, 0.15) is 28.4 Å². The Balaban J connectivity index is 3.06. The van der Waals surface area contributed by atoms with Crippen molar-refractivity contribution in [1.29, 1.82) is 0 Å². The average Bonchev–Trinajstić information content (AvgIpc) is 2.16. The summed E-state index contributed by atoms with van der Waals surface area (Å²) in [5.41, 5.74) is 2.87. The van der Waals surface area contributed by atoms with Crippen LogP contribution in [0.2, 0.25) is 0 Å². The largest absolute Gasteiger partial charge is 0.293 e. The summed E-state index contributed by atoms with van der Waals surface area (Å²) in [6, 6.07) is 5.78. The fraction of sp³-hybridized carbons (Fsp3) is 0.364. The fourth-order valence-electron chi connectivity index (χ4n) is 1.30. The zero-order chi connectivity index (χ0) is 10.7. The predicted molar refractivity (Wildman–Crippen MR) is 63.5 cm³/mol. The van der Waals surface area contributed by atoms with Crippen LogP contribution in [0.5, 0.6) is 0 Å². The Morgan fingerprint density at radius 1 is 1.57 bits per heavy atom. The van der Waals surface area contributed by atoms with Crippen LogP contribution < -0.4 is 0 Å². The summed E-state index contributed by atoms with van der Waals surface area (Å²) in [5, 5.41) is 0.349. The van der Waals surface area contributed by atoms with Gasteiger partial charge in [-0.1, -0.05) is 34.1 Å². The minimum atomic E-state index is -0.455. The smallest absolute Gasteiger partial charge is 0.180 e. The Bertz CT molecular complexity index is 347. The predicted octanol–water partition coefficient (Wildman–Crippen LogP) is 3.70. The third kappa shape index (κ3) is 2.58. The lowest BCUT2D eigenvalue weighted by Crippen LogP contribution is -2.12. The Morgan fingerprint density at radius 3 is 2.64 bits per heavy atom. The van der Waals surface area contributed by atoms with E-state index in [1.54, 1.807) is 6.92 Å². The molecule has 1 atom stereocenters. The molecular weight excluding hydrogens is 263 g/mol. The Hall–Kier alpha value is -0.340. The summed E-state index contributed by atoms with van der Waals surface area (Å²) >= 11 is 9.12. The monoisotopic (exact) mass is 274 g/mol. The molecule has 0 aromatic heterocycles. The molecule has 0 saturated carbocycles. The van der Waals surface area contributed by atoms with Gasteiger partial charge < -0.3 is 0 Å². The summed E-state index contributed by atoms with van der Waals surface area (Å²) in [4.78, 5) is 11.6. The fourth-order valence-corrected chi connectivity index (χ4v) is 1.77. The first kappa shape index (κ1) is 11.7. The molecule has 0 aliphatic heterocycles. The van der Waals surface area contributed by atoms with Crippen molar-refractivity contribution < 1.29 is 4.79 Å². The maximum absolute atomic E-state index is 11.6. The molecule has 0 heterocycles. The van der Waals surface area contributed by atoms with E-state index in [2.05, 4.69) is 15.9 Å². The lowest BCUT2D eigenvalue weighted by Gasteiger charge is -2.07. The van der Waals surface area contributed by atoms with E-state index >= 15 is 0 Å². The molecule has 0 bridgehead atoms. The number of carbonyl (C=O) groups excluding carboxylic acids is 1. The number of benzene rings is 1. The van der Waals surface area contributed by atoms with E-state index in [0.717, 1.165) is 16.5 Å².